The van der Waals surface area contributed by atoms with E-state index in [1.807, 2.05) is 43.3 Å². The molecule has 0 aliphatic heterocycles. The number of aliphatic hydroxyl groups excluding tert-OH is 1. The van der Waals surface area contributed by atoms with Gasteiger partial charge in [0.05, 0.1) is 18.0 Å². The van der Waals surface area contributed by atoms with E-state index in [0.717, 1.165) is 17.0 Å². The second-order valence-corrected chi connectivity index (χ2v) is 8.34. The lowest BCUT2D eigenvalue weighted by Crippen LogP contribution is -2.13. The number of aliphatic hydroxyl groups is 1. The van der Waals surface area contributed by atoms with Gasteiger partial charge in [-0.1, -0.05) is 53.7 Å². The number of oxazole rings is 1. The zero-order valence-electron chi connectivity index (χ0n) is 20.0. The molecule has 0 fully saturated rings. The van der Waals surface area contributed by atoms with Gasteiger partial charge in [0, 0.05) is 12.0 Å². The van der Waals surface area contributed by atoms with Crippen LogP contribution in [0, 0.1) is 6.92 Å². The third-order valence-electron chi connectivity index (χ3n) is 5.85. The first kappa shape index (κ1) is 24.0. The third-order valence-corrected chi connectivity index (χ3v) is 5.85. The van der Waals surface area contributed by atoms with Crippen molar-refractivity contribution in [2.45, 2.75) is 19.4 Å². The Morgan fingerprint density at radius 1 is 1.03 bits per heavy atom. The first-order chi connectivity index (χ1) is 18.0. The van der Waals surface area contributed by atoms with Crippen LogP contribution >= 0.6 is 0 Å². The monoisotopic (exact) mass is 496 g/mol. The van der Waals surface area contributed by atoms with Gasteiger partial charge in [-0.3, -0.25) is 0 Å². The summed E-state index contributed by atoms with van der Waals surface area (Å²) >= 11 is 0. The van der Waals surface area contributed by atoms with Crippen molar-refractivity contribution < 1.29 is 24.2 Å². The minimum Gasteiger partial charge on any atom is -0.493 e. The molecule has 0 saturated carbocycles. The Labute approximate surface area is 212 Å². The highest BCUT2D eigenvalue weighted by molar-refractivity contribution is 5.87. The SMILES string of the molecule is Cc1oc(-c2ccccc2)nc1CCOc1cccc(C(O)c2nnn(-c3ccccc3)c2C(=O)O)c1. The standard InChI is InChI=1S/C28H24N4O5/c1-18-23(29-27(37-18)19-9-4-2-5-10-19)15-16-36-22-14-8-11-20(17-22)26(33)24-25(28(34)35)32(31-30-24)21-12-6-3-7-13-21/h2-14,17,26,33H,15-16H2,1H3,(H,34,35). The number of nitrogens with zero attached hydrogens (tertiary/aromatic N) is 4. The summed E-state index contributed by atoms with van der Waals surface area (Å²) in [5.41, 5.74) is 2.41. The summed E-state index contributed by atoms with van der Waals surface area (Å²) in [6, 6.07) is 25.3. The predicted molar refractivity (Wildman–Crippen MR) is 135 cm³/mol. The average Bonchev–Trinajstić information content (AvgIpc) is 3.54. The number of carbonyl (C=O) groups is 1. The van der Waals surface area contributed by atoms with Gasteiger partial charge in [0.25, 0.3) is 0 Å². The van der Waals surface area contributed by atoms with E-state index in [4.69, 9.17) is 9.15 Å². The number of aromatic carboxylic acids is 1. The summed E-state index contributed by atoms with van der Waals surface area (Å²) in [6.07, 6.45) is -0.776. The Hall–Kier alpha value is -4.76. The number of hydrogen-bond donors (Lipinski definition) is 2. The van der Waals surface area contributed by atoms with Crippen molar-refractivity contribution in [2.75, 3.05) is 6.61 Å². The van der Waals surface area contributed by atoms with Crippen molar-refractivity contribution in [2.24, 2.45) is 0 Å². The van der Waals surface area contributed by atoms with Crippen LogP contribution in [0.15, 0.2) is 89.3 Å². The van der Waals surface area contributed by atoms with E-state index in [9.17, 15) is 15.0 Å². The number of aryl methyl sites for hydroxylation is 1. The number of para-hydroxylation sites is 1. The summed E-state index contributed by atoms with van der Waals surface area (Å²) < 4.78 is 12.9. The molecule has 5 aromatic rings. The number of carboxylic acids is 1. The molecule has 9 heteroatoms. The largest absolute Gasteiger partial charge is 0.493 e. The lowest BCUT2D eigenvalue weighted by molar-refractivity contribution is 0.0681. The van der Waals surface area contributed by atoms with E-state index in [1.54, 1.807) is 48.5 Å². The zero-order valence-corrected chi connectivity index (χ0v) is 20.0. The summed E-state index contributed by atoms with van der Waals surface area (Å²) in [7, 11) is 0. The molecule has 1 atom stereocenters. The first-order valence-corrected chi connectivity index (χ1v) is 11.7. The molecule has 3 aromatic carbocycles. The number of hydrogen-bond acceptors (Lipinski definition) is 7. The highest BCUT2D eigenvalue weighted by atomic mass is 16.5. The van der Waals surface area contributed by atoms with Crippen molar-refractivity contribution in [3.8, 4) is 22.9 Å². The van der Waals surface area contributed by atoms with Crippen LogP contribution in [0.3, 0.4) is 0 Å². The van der Waals surface area contributed by atoms with Crippen molar-refractivity contribution >= 4 is 5.97 Å². The van der Waals surface area contributed by atoms with E-state index in [2.05, 4.69) is 15.3 Å². The number of benzene rings is 3. The fraction of sp³-hybridized carbons (Fsp3) is 0.143. The van der Waals surface area contributed by atoms with Gasteiger partial charge < -0.3 is 19.4 Å². The van der Waals surface area contributed by atoms with Crippen LogP contribution in [-0.4, -0.2) is 42.8 Å². The average molecular weight is 497 g/mol. The second kappa shape index (κ2) is 10.5. The quantitative estimate of drug-likeness (QED) is 0.303. The third kappa shape index (κ3) is 5.12. The molecule has 0 aliphatic carbocycles. The molecule has 2 N–H and O–H groups in total. The van der Waals surface area contributed by atoms with Gasteiger partial charge in [-0.15, -0.1) is 5.10 Å². The molecule has 0 spiro atoms. The van der Waals surface area contributed by atoms with E-state index in [1.165, 1.54) is 4.68 Å². The van der Waals surface area contributed by atoms with Gasteiger partial charge in [-0.25, -0.2) is 14.5 Å². The van der Waals surface area contributed by atoms with Crippen LogP contribution in [0.25, 0.3) is 17.1 Å². The number of carboxylic acid groups (broad SMARTS) is 1. The Morgan fingerprint density at radius 2 is 1.76 bits per heavy atom. The fourth-order valence-corrected chi connectivity index (χ4v) is 3.99. The smallest absolute Gasteiger partial charge is 0.356 e. The molecule has 2 aromatic heterocycles. The van der Waals surface area contributed by atoms with Gasteiger partial charge in [-0.05, 0) is 48.9 Å². The molecule has 0 saturated heterocycles. The first-order valence-electron chi connectivity index (χ1n) is 11.7. The Bertz CT molecular complexity index is 1510. The van der Waals surface area contributed by atoms with Crippen molar-refractivity contribution in [1.82, 2.24) is 20.0 Å². The zero-order chi connectivity index (χ0) is 25.8. The van der Waals surface area contributed by atoms with Crippen LogP contribution in [0.4, 0.5) is 0 Å². The Morgan fingerprint density at radius 3 is 2.49 bits per heavy atom. The molecule has 5 rings (SSSR count). The number of rotatable bonds is 9. The minimum absolute atomic E-state index is 0.0554. The van der Waals surface area contributed by atoms with Gasteiger partial charge in [0.15, 0.2) is 5.69 Å². The summed E-state index contributed by atoms with van der Waals surface area (Å²) in [4.78, 5) is 16.6. The highest BCUT2D eigenvalue weighted by Gasteiger charge is 2.27. The van der Waals surface area contributed by atoms with E-state index >= 15 is 0 Å². The molecule has 0 amide bonds. The minimum atomic E-state index is -1.31. The molecule has 1 unspecified atom stereocenters. The molecule has 186 valence electrons. The molecule has 2 heterocycles. The van der Waals surface area contributed by atoms with E-state index < -0.39 is 12.1 Å². The number of aromatic nitrogens is 4. The lowest BCUT2D eigenvalue weighted by Gasteiger charge is -2.12. The van der Waals surface area contributed by atoms with E-state index in [0.29, 0.717) is 35.9 Å². The molecule has 0 bridgehead atoms. The molecule has 37 heavy (non-hydrogen) atoms. The summed E-state index contributed by atoms with van der Waals surface area (Å²) in [5, 5.41) is 28.8. The van der Waals surface area contributed by atoms with Gasteiger partial charge in [0.2, 0.25) is 5.89 Å². The summed E-state index contributed by atoms with van der Waals surface area (Å²) in [5.74, 6) is 0.576. The molecule has 0 aliphatic rings. The van der Waals surface area contributed by atoms with E-state index in [-0.39, 0.29) is 11.4 Å². The normalized spacial score (nSPS) is 11.8. The maximum Gasteiger partial charge on any atom is 0.356 e. The molecule has 0 radical (unpaired) electrons. The predicted octanol–water partition coefficient (Wildman–Crippen LogP) is 4.63. The molecular weight excluding hydrogens is 472 g/mol. The second-order valence-electron chi connectivity index (χ2n) is 8.34. The van der Waals surface area contributed by atoms with Crippen molar-refractivity contribution in [3.05, 3.63) is 113 Å². The van der Waals surface area contributed by atoms with Gasteiger partial charge >= 0.3 is 5.97 Å². The Kier molecular flexibility index (Phi) is 6.78. The van der Waals surface area contributed by atoms with Crippen LogP contribution in [-0.2, 0) is 6.42 Å². The van der Waals surface area contributed by atoms with Crippen LogP contribution in [0.5, 0.6) is 5.75 Å². The van der Waals surface area contributed by atoms with Gasteiger partial charge in [-0.2, -0.15) is 0 Å². The van der Waals surface area contributed by atoms with Gasteiger partial charge in [0.1, 0.15) is 23.3 Å². The molecular formula is C28H24N4O5. The Balaban J connectivity index is 1.30. The maximum atomic E-state index is 12.0. The molecule has 9 nitrogen and oxygen atoms in total. The summed E-state index contributed by atoms with van der Waals surface area (Å²) in [6.45, 7) is 2.21. The lowest BCUT2D eigenvalue weighted by atomic mass is 10.0. The fourth-order valence-electron chi connectivity index (χ4n) is 3.99. The maximum absolute atomic E-state index is 12.0. The van der Waals surface area contributed by atoms with Crippen molar-refractivity contribution in [3.63, 3.8) is 0 Å². The van der Waals surface area contributed by atoms with Crippen LogP contribution < -0.4 is 4.74 Å². The van der Waals surface area contributed by atoms with Crippen LogP contribution in [0.2, 0.25) is 0 Å². The topological polar surface area (TPSA) is 124 Å². The van der Waals surface area contributed by atoms with Crippen molar-refractivity contribution in [1.29, 1.82) is 0 Å². The number of ether oxygens (including phenoxy) is 1. The highest BCUT2D eigenvalue weighted by Crippen LogP contribution is 2.28. The van der Waals surface area contributed by atoms with Crippen LogP contribution in [0.1, 0.15) is 39.3 Å².